The van der Waals surface area contributed by atoms with E-state index in [-0.39, 0.29) is 12.8 Å². The van der Waals surface area contributed by atoms with Crippen molar-refractivity contribution < 1.29 is 17.9 Å². The Balaban J connectivity index is 2.12. The molecule has 2 rings (SSSR count). The molecule has 6 heteroatoms. The van der Waals surface area contributed by atoms with Crippen LogP contribution in [0.1, 0.15) is 18.4 Å². The number of aryl methyl sites for hydroxylation is 1. The topological polar surface area (TPSA) is 38.5 Å². The van der Waals surface area contributed by atoms with E-state index < -0.39 is 11.8 Å². The molecule has 0 aliphatic carbocycles. The third kappa shape index (κ3) is 2.57. The van der Waals surface area contributed by atoms with E-state index in [1.54, 1.807) is 6.07 Å². The number of nitrogens with two attached hydrogens (primary N) is 1. The van der Waals surface area contributed by atoms with Crippen molar-refractivity contribution >= 4 is 11.4 Å². The summed E-state index contributed by atoms with van der Waals surface area (Å²) in [6.07, 6.45) is -4.45. The minimum absolute atomic E-state index is 0.0591. The number of nitrogens with zero attached hydrogens (tertiary/aromatic N) is 1. The van der Waals surface area contributed by atoms with Crippen molar-refractivity contribution in [3.05, 3.63) is 23.8 Å². The van der Waals surface area contributed by atoms with Crippen molar-refractivity contribution in [2.24, 2.45) is 0 Å². The predicted octanol–water partition coefficient (Wildman–Crippen LogP) is 3.12. The van der Waals surface area contributed by atoms with E-state index >= 15 is 0 Å². The van der Waals surface area contributed by atoms with Gasteiger partial charge in [0.15, 0.2) is 5.60 Å². The van der Waals surface area contributed by atoms with E-state index in [9.17, 15) is 13.2 Å². The zero-order chi connectivity index (χ0) is 15.0. The molecule has 1 aromatic rings. The number of rotatable bonds is 2. The molecule has 0 unspecified atom stereocenters. The number of piperidine rings is 1. The molecule has 1 aromatic carbocycles. The number of methoxy groups -OCH3 is 1. The number of ether oxygens (including phenoxy) is 1. The Labute approximate surface area is 116 Å². The smallest absolute Gasteiger partial charge is 0.399 e. The minimum Gasteiger partial charge on any atom is -0.399 e. The number of nitrogen functional groups attached to an aromatic ring is 1. The molecule has 1 aliphatic rings. The molecule has 112 valence electrons. The van der Waals surface area contributed by atoms with Crippen molar-refractivity contribution in [3.63, 3.8) is 0 Å². The fourth-order valence-electron chi connectivity index (χ4n) is 2.59. The van der Waals surface area contributed by atoms with Gasteiger partial charge in [-0.2, -0.15) is 13.2 Å². The number of benzene rings is 1. The average Bonchev–Trinajstić information content (AvgIpc) is 2.41. The summed E-state index contributed by atoms with van der Waals surface area (Å²) in [5.41, 5.74) is 6.27. The van der Waals surface area contributed by atoms with Crippen LogP contribution < -0.4 is 10.6 Å². The Morgan fingerprint density at radius 2 is 1.85 bits per heavy atom. The van der Waals surface area contributed by atoms with E-state index in [4.69, 9.17) is 10.5 Å². The second kappa shape index (κ2) is 5.16. The summed E-state index contributed by atoms with van der Waals surface area (Å²) < 4.78 is 44.0. The van der Waals surface area contributed by atoms with Gasteiger partial charge in [0, 0.05) is 44.4 Å². The minimum atomic E-state index is -4.33. The van der Waals surface area contributed by atoms with Gasteiger partial charge in [0.25, 0.3) is 0 Å². The second-order valence-electron chi connectivity index (χ2n) is 5.22. The Hall–Kier alpha value is -1.43. The van der Waals surface area contributed by atoms with Crippen LogP contribution >= 0.6 is 0 Å². The van der Waals surface area contributed by atoms with Gasteiger partial charge in [0.2, 0.25) is 0 Å². The first-order valence-electron chi connectivity index (χ1n) is 6.52. The molecular formula is C14H19F3N2O. The lowest BCUT2D eigenvalue weighted by Crippen LogP contribution is -2.54. The lowest BCUT2D eigenvalue weighted by molar-refractivity contribution is -0.276. The summed E-state index contributed by atoms with van der Waals surface area (Å²) in [6.45, 7) is 2.52. The summed E-state index contributed by atoms with van der Waals surface area (Å²) in [5.74, 6) is 0. The van der Waals surface area contributed by atoms with Crippen molar-refractivity contribution in [3.8, 4) is 0 Å². The van der Waals surface area contributed by atoms with E-state index in [1.165, 1.54) is 0 Å². The van der Waals surface area contributed by atoms with Crippen LogP contribution in [-0.2, 0) is 4.74 Å². The quantitative estimate of drug-likeness (QED) is 0.850. The van der Waals surface area contributed by atoms with Crippen LogP contribution in [0, 0.1) is 6.92 Å². The second-order valence-corrected chi connectivity index (χ2v) is 5.22. The summed E-state index contributed by atoms with van der Waals surface area (Å²) in [4.78, 5) is 1.94. The summed E-state index contributed by atoms with van der Waals surface area (Å²) in [5, 5.41) is 0. The van der Waals surface area contributed by atoms with Gasteiger partial charge in [-0.25, -0.2) is 0 Å². The molecule has 1 heterocycles. The third-order valence-corrected chi connectivity index (χ3v) is 4.10. The maximum absolute atomic E-state index is 13.1. The van der Waals surface area contributed by atoms with Crippen LogP contribution in [0.4, 0.5) is 24.5 Å². The lowest BCUT2D eigenvalue weighted by atomic mass is 9.90. The monoisotopic (exact) mass is 288 g/mol. The van der Waals surface area contributed by atoms with Gasteiger partial charge in [-0.05, 0) is 30.7 Å². The maximum Gasteiger partial charge on any atom is 0.417 e. The first-order chi connectivity index (χ1) is 9.29. The Bertz CT molecular complexity index is 480. The molecule has 0 amide bonds. The van der Waals surface area contributed by atoms with Crippen molar-refractivity contribution in [1.29, 1.82) is 0 Å². The van der Waals surface area contributed by atoms with Gasteiger partial charge < -0.3 is 15.4 Å². The fourth-order valence-corrected chi connectivity index (χ4v) is 2.59. The molecule has 1 aliphatic heterocycles. The van der Waals surface area contributed by atoms with Gasteiger partial charge in [-0.15, -0.1) is 0 Å². The molecule has 3 nitrogen and oxygen atoms in total. The number of hydrogen-bond acceptors (Lipinski definition) is 3. The molecule has 0 saturated carbocycles. The molecule has 0 aromatic heterocycles. The Kier molecular flexibility index (Phi) is 3.86. The fraction of sp³-hybridized carbons (Fsp3) is 0.571. The Morgan fingerprint density at radius 3 is 2.30 bits per heavy atom. The number of hydrogen-bond donors (Lipinski definition) is 1. The summed E-state index contributed by atoms with van der Waals surface area (Å²) in [7, 11) is 1.14. The lowest BCUT2D eigenvalue weighted by Gasteiger charge is -2.42. The van der Waals surface area contributed by atoms with Gasteiger partial charge in [-0.1, -0.05) is 0 Å². The van der Waals surface area contributed by atoms with Crippen molar-refractivity contribution in [2.75, 3.05) is 30.8 Å². The van der Waals surface area contributed by atoms with Gasteiger partial charge in [0.05, 0.1) is 0 Å². The Morgan fingerprint density at radius 1 is 1.25 bits per heavy atom. The van der Waals surface area contributed by atoms with Crippen LogP contribution in [0.2, 0.25) is 0 Å². The van der Waals surface area contributed by atoms with Crippen LogP contribution in [0.5, 0.6) is 0 Å². The molecule has 0 atom stereocenters. The molecule has 0 radical (unpaired) electrons. The van der Waals surface area contributed by atoms with E-state index in [2.05, 4.69) is 0 Å². The highest BCUT2D eigenvalue weighted by molar-refractivity contribution is 5.58. The summed E-state index contributed by atoms with van der Waals surface area (Å²) >= 11 is 0. The third-order valence-electron chi connectivity index (χ3n) is 4.10. The van der Waals surface area contributed by atoms with Gasteiger partial charge in [0.1, 0.15) is 0 Å². The molecule has 0 bridgehead atoms. The molecular weight excluding hydrogens is 269 g/mol. The van der Waals surface area contributed by atoms with Crippen molar-refractivity contribution in [2.45, 2.75) is 31.5 Å². The van der Waals surface area contributed by atoms with Crippen LogP contribution in [0.3, 0.4) is 0 Å². The van der Waals surface area contributed by atoms with Crippen LogP contribution in [0.25, 0.3) is 0 Å². The van der Waals surface area contributed by atoms with Crippen molar-refractivity contribution in [1.82, 2.24) is 0 Å². The molecule has 0 spiro atoms. The van der Waals surface area contributed by atoms with E-state index in [0.29, 0.717) is 18.8 Å². The number of halogens is 3. The highest BCUT2D eigenvalue weighted by atomic mass is 19.4. The highest BCUT2D eigenvalue weighted by Crippen LogP contribution is 2.42. The van der Waals surface area contributed by atoms with Gasteiger partial charge >= 0.3 is 6.18 Å². The average molecular weight is 288 g/mol. The maximum atomic E-state index is 13.1. The standard InChI is InChI=1S/C14H19F3N2O/c1-10-9-11(3-4-12(10)18)19-7-5-13(20-2,6-8-19)14(15,16)17/h3-4,9H,5-8,18H2,1-2H3. The molecule has 2 N–H and O–H groups in total. The van der Waals surface area contributed by atoms with E-state index in [1.807, 2.05) is 24.0 Å². The first kappa shape index (κ1) is 15.0. The normalized spacial score (nSPS) is 19.1. The largest absolute Gasteiger partial charge is 0.417 e. The zero-order valence-corrected chi connectivity index (χ0v) is 11.6. The highest BCUT2D eigenvalue weighted by Gasteiger charge is 2.56. The summed E-state index contributed by atoms with van der Waals surface area (Å²) in [6, 6.07) is 5.53. The number of alkyl halides is 3. The van der Waals surface area contributed by atoms with E-state index in [0.717, 1.165) is 18.4 Å². The number of anilines is 2. The SMILES string of the molecule is COC1(C(F)(F)F)CCN(c2ccc(N)c(C)c2)CC1. The molecule has 1 fully saturated rings. The van der Waals surface area contributed by atoms with Crippen LogP contribution in [-0.4, -0.2) is 32.0 Å². The first-order valence-corrected chi connectivity index (χ1v) is 6.52. The predicted molar refractivity (Wildman–Crippen MR) is 72.8 cm³/mol. The molecule has 20 heavy (non-hydrogen) atoms. The zero-order valence-electron chi connectivity index (χ0n) is 11.6. The van der Waals surface area contributed by atoms with Gasteiger partial charge in [-0.3, -0.25) is 0 Å². The van der Waals surface area contributed by atoms with Crippen LogP contribution in [0.15, 0.2) is 18.2 Å². The molecule has 1 saturated heterocycles.